The van der Waals surface area contributed by atoms with Crippen molar-refractivity contribution in [1.82, 2.24) is 4.90 Å². The molecule has 0 heterocycles. The Morgan fingerprint density at radius 3 is 2.50 bits per heavy atom. The van der Waals surface area contributed by atoms with Crippen molar-refractivity contribution in [2.75, 3.05) is 27.3 Å². The molecule has 0 amide bonds. The van der Waals surface area contributed by atoms with Gasteiger partial charge < -0.3 is 20.2 Å². The molecule has 3 atom stereocenters. The number of aliphatic hydroxyl groups excluding tert-OH is 2. The highest BCUT2D eigenvalue weighted by Gasteiger charge is 2.35. The van der Waals surface area contributed by atoms with Crippen LogP contribution in [0.3, 0.4) is 0 Å². The van der Waals surface area contributed by atoms with Crippen molar-refractivity contribution in [2.45, 2.75) is 45.6 Å². The standard InChI is InChI=1S/C29H37NO6/c1-18(33)11-27(35)25(17-32)22(9-10-31)13-20-14-24-23(7-8-26(34)29(24)28(36)15-20)21-6-4-5-19(12-21)16-30(2)3/h4-8,12,20,22,25,31-32,34H,9-11,13-17H2,1-3H3. The molecule has 2 aromatic carbocycles. The number of Topliss-reactive ketones (excluding diaryl/α,β-unsaturated/α-hetero) is 3. The molecule has 0 aromatic heterocycles. The van der Waals surface area contributed by atoms with Crippen LogP contribution in [0.2, 0.25) is 0 Å². The molecule has 3 N–H and O–H groups in total. The predicted octanol–water partition coefficient (Wildman–Crippen LogP) is 3.41. The zero-order chi connectivity index (χ0) is 26.4. The number of benzene rings is 2. The zero-order valence-electron chi connectivity index (χ0n) is 21.4. The number of hydrogen-bond acceptors (Lipinski definition) is 7. The highest BCUT2D eigenvalue weighted by Crippen LogP contribution is 2.41. The average molecular weight is 496 g/mol. The van der Waals surface area contributed by atoms with Crippen LogP contribution in [0, 0.1) is 17.8 Å². The van der Waals surface area contributed by atoms with E-state index in [0.717, 1.165) is 28.8 Å². The minimum Gasteiger partial charge on any atom is -0.507 e. The van der Waals surface area contributed by atoms with Gasteiger partial charge in [-0.25, -0.2) is 0 Å². The molecule has 0 radical (unpaired) electrons. The van der Waals surface area contributed by atoms with Crippen molar-refractivity contribution >= 4 is 17.3 Å². The fourth-order valence-electron chi connectivity index (χ4n) is 5.49. The first-order valence-electron chi connectivity index (χ1n) is 12.5. The Bertz CT molecular complexity index is 1110. The highest BCUT2D eigenvalue weighted by atomic mass is 16.3. The van der Waals surface area contributed by atoms with E-state index in [9.17, 15) is 29.7 Å². The van der Waals surface area contributed by atoms with Gasteiger partial charge in [0.2, 0.25) is 0 Å². The third-order valence-electron chi connectivity index (χ3n) is 7.01. The van der Waals surface area contributed by atoms with Crippen LogP contribution in [0.4, 0.5) is 0 Å². The van der Waals surface area contributed by atoms with Crippen molar-refractivity contribution < 1.29 is 29.7 Å². The van der Waals surface area contributed by atoms with Gasteiger partial charge in [0.15, 0.2) is 5.78 Å². The van der Waals surface area contributed by atoms with Crippen molar-refractivity contribution in [3.8, 4) is 16.9 Å². The molecule has 0 fully saturated rings. The number of hydrogen-bond donors (Lipinski definition) is 3. The number of carbonyl (C=O) groups excluding carboxylic acids is 3. The Hall–Kier alpha value is -2.87. The Kier molecular flexibility index (Phi) is 9.54. The number of nitrogens with zero attached hydrogens (tertiary/aromatic N) is 1. The van der Waals surface area contributed by atoms with Gasteiger partial charge in [-0.1, -0.05) is 24.3 Å². The predicted molar refractivity (Wildman–Crippen MR) is 138 cm³/mol. The number of phenols is 1. The molecule has 194 valence electrons. The molecule has 7 heteroatoms. The van der Waals surface area contributed by atoms with Gasteiger partial charge in [-0.05, 0) is 86.5 Å². The second kappa shape index (κ2) is 12.4. The number of phenolic OH excluding ortho intramolecular Hbond substituents is 1. The first-order chi connectivity index (χ1) is 17.1. The number of rotatable bonds is 12. The van der Waals surface area contributed by atoms with Gasteiger partial charge in [0, 0.05) is 25.5 Å². The summed E-state index contributed by atoms with van der Waals surface area (Å²) < 4.78 is 0. The zero-order valence-corrected chi connectivity index (χ0v) is 21.4. The number of carbonyl (C=O) groups is 3. The van der Waals surface area contributed by atoms with Crippen molar-refractivity contribution in [1.29, 1.82) is 0 Å². The van der Waals surface area contributed by atoms with Gasteiger partial charge in [0.05, 0.1) is 18.6 Å². The summed E-state index contributed by atoms with van der Waals surface area (Å²) >= 11 is 0. The minimum atomic E-state index is -0.760. The lowest BCUT2D eigenvalue weighted by atomic mass is 9.72. The monoisotopic (exact) mass is 495 g/mol. The molecule has 3 unspecified atom stereocenters. The molecule has 0 aliphatic heterocycles. The number of ketones is 3. The number of aromatic hydroxyl groups is 1. The van der Waals surface area contributed by atoms with Crippen LogP contribution in [0.1, 0.15) is 54.1 Å². The van der Waals surface area contributed by atoms with Gasteiger partial charge in [0.25, 0.3) is 0 Å². The third kappa shape index (κ3) is 6.66. The van der Waals surface area contributed by atoms with Crippen LogP contribution in [0.15, 0.2) is 36.4 Å². The van der Waals surface area contributed by atoms with E-state index in [-0.39, 0.29) is 54.4 Å². The van der Waals surface area contributed by atoms with Gasteiger partial charge in [-0.15, -0.1) is 0 Å². The van der Waals surface area contributed by atoms with Crippen LogP contribution < -0.4 is 0 Å². The SMILES string of the molecule is CC(=O)CC(=O)C(CO)C(CCO)CC1CC(=O)c2c(O)ccc(-c3cccc(CN(C)C)c3)c2C1. The maximum Gasteiger partial charge on any atom is 0.167 e. The van der Waals surface area contributed by atoms with Crippen LogP contribution in [-0.2, 0) is 22.6 Å². The van der Waals surface area contributed by atoms with Crippen LogP contribution in [0.5, 0.6) is 5.75 Å². The molecule has 36 heavy (non-hydrogen) atoms. The van der Waals surface area contributed by atoms with E-state index < -0.39 is 12.5 Å². The Morgan fingerprint density at radius 2 is 1.86 bits per heavy atom. The van der Waals surface area contributed by atoms with Crippen LogP contribution >= 0.6 is 0 Å². The maximum atomic E-state index is 13.2. The van der Waals surface area contributed by atoms with Crippen molar-refractivity contribution in [2.24, 2.45) is 17.8 Å². The van der Waals surface area contributed by atoms with E-state index in [1.165, 1.54) is 6.92 Å². The summed E-state index contributed by atoms with van der Waals surface area (Å²) in [4.78, 5) is 39.4. The molecule has 2 aromatic rings. The highest BCUT2D eigenvalue weighted by molar-refractivity contribution is 6.03. The number of aliphatic hydroxyl groups is 2. The third-order valence-corrected chi connectivity index (χ3v) is 7.01. The molecular weight excluding hydrogens is 458 g/mol. The summed E-state index contributed by atoms with van der Waals surface area (Å²) in [5, 5.41) is 30.1. The lowest BCUT2D eigenvalue weighted by Crippen LogP contribution is -2.32. The van der Waals surface area contributed by atoms with Crippen LogP contribution in [-0.4, -0.2) is 64.9 Å². The smallest absolute Gasteiger partial charge is 0.167 e. The summed E-state index contributed by atoms with van der Waals surface area (Å²) in [6.45, 7) is 1.55. The van der Waals surface area contributed by atoms with E-state index >= 15 is 0 Å². The molecule has 0 spiro atoms. The summed E-state index contributed by atoms with van der Waals surface area (Å²) in [5.41, 5.74) is 4.14. The van der Waals surface area contributed by atoms with E-state index in [1.807, 2.05) is 32.3 Å². The second-order valence-corrected chi connectivity index (χ2v) is 10.3. The normalized spacial score (nSPS) is 17.1. The number of fused-ring (bicyclic) bond motifs is 1. The lowest BCUT2D eigenvalue weighted by Gasteiger charge is -2.31. The molecular formula is C29H37NO6. The second-order valence-electron chi connectivity index (χ2n) is 10.3. The topological polar surface area (TPSA) is 115 Å². The van der Waals surface area contributed by atoms with Crippen molar-refractivity contribution in [3.63, 3.8) is 0 Å². The van der Waals surface area contributed by atoms with Gasteiger partial charge in [0.1, 0.15) is 17.3 Å². The molecule has 0 bridgehead atoms. The maximum absolute atomic E-state index is 13.2. The molecule has 1 aliphatic carbocycles. The Labute approximate surface area is 212 Å². The van der Waals surface area contributed by atoms with E-state index in [2.05, 4.69) is 17.0 Å². The van der Waals surface area contributed by atoms with Crippen LogP contribution in [0.25, 0.3) is 11.1 Å². The fraction of sp³-hybridized carbons (Fsp3) is 0.483. The molecule has 1 aliphatic rings. The van der Waals surface area contributed by atoms with Crippen molar-refractivity contribution in [3.05, 3.63) is 53.1 Å². The fourth-order valence-corrected chi connectivity index (χ4v) is 5.49. The Balaban J connectivity index is 1.93. The largest absolute Gasteiger partial charge is 0.507 e. The van der Waals surface area contributed by atoms with Gasteiger partial charge in [-0.2, -0.15) is 0 Å². The summed E-state index contributed by atoms with van der Waals surface area (Å²) in [6.07, 6.45) is 1.25. The summed E-state index contributed by atoms with van der Waals surface area (Å²) in [7, 11) is 4.00. The average Bonchev–Trinajstić information content (AvgIpc) is 2.79. The lowest BCUT2D eigenvalue weighted by molar-refractivity contribution is -0.131. The minimum absolute atomic E-state index is 0.0292. The first kappa shape index (κ1) is 27.7. The molecule has 7 nitrogen and oxygen atoms in total. The van der Waals surface area contributed by atoms with Gasteiger partial charge >= 0.3 is 0 Å². The summed E-state index contributed by atoms with van der Waals surface area (Å²) in [5.74, 6) is -2.01. The van der Waals surface area contributed by atoms with E-state index in [4.69, 9.17) is 0 Å². The molecule has 0 saturated carbocycles. The summed E-state index contributed by atoms with van der Waals surface area (Å²) in [6, 6.07) is 11.5. The van der Waals surface area contributed by atoms with E-state index in [1.54, 1.807) is 6.07 Å². The van der Waals surface area contributed by atoms with E-state index in [0.29, 0.717) is 24.8 Å². The molecule has 3 rings (SSSR count). The quantitative estimate of drug-likeness (QED) is 0.387. The molecule has 0 saturated heterocycles. The van der Waals surface area contributed by atoms with Gasteiger partial charge in [-0.3, -0.25) is 14.4 Å². The Morgan fingerprint density at radius 1 is 1.11 bits per heavy atom. The first-order valence-corrected chi connectivity index (χ1v) is 12.5.